The molecule has 2 aromatic heterocycles. The first-order valence-corrected chi connectivity index (χ1v) is 12.8. The molecule has 6 nitrogen and oxygen atoms in total. The number of nitrogens with one attached hydrogen (secondary N) is 1. The van der Waals surface area contributed by atoms with Crippen LogP contribution in [-0.2, 0) is 29.6 Å². The fourth-order valence-corrected chi connectivity index (χ4v) is 5.33. The lowest BCUT2D eigenvalue weighted by Gasteiger charge is -2.33. The number of aryl methyl sites for hydroxylation is 1. The van der Waals surface area contributed by atoms with Gasteiger partial charge in [0.25, 0.3) is 0 Å². The van der Waals surface area contributed by atoms with Crippen LogP contribution in [0.2, 0.25) is 0 Å². The van der Waals surface area contributed by atoms with Gasteiger partial charge < -0.3 is 19.5 Å². The van der Waals surface area contributed by atoms with E-state index in [1.54, 1.807) is 23.3 Å². The molecule has 3 aromatic rings. The molecule has 0 radical (unpaired) electrons. The summed E-state index contributed by atoms with van der Waals surface area (Å²) in [6, 6.07) is 14.9. The third-order valence-corrected chi connectivity index (χ3v) is 7.39. The molecular formula is C27H33N3O3S. The van der Waals surface area contributed by atoms with Crippen molar-refractivity contribution in [3.63, 3.8) is 0 Å². The standard InChI is InChI=1S/C27H33N3O3S/c1-29-16-6-11-24(29)26(27(32)28-21-8-4-3-5-9-21)30(25(31)18-23-10-7-17-34-23)19-20-12-14-22(33-2)15-13-20/h6-7,10-17,21,26H,3-5,8-9,18-19H2,1-2H3,(H,28,32). The summed E-state index contributed by atoms with van der Waals surface area (Å²) in [5.74, 6) is 0.583. The molecule has 7 heteroatoms. The summed E-state index contributed by atoms with van der Waals surface area (Å²) >= 11 is 1.56. The Kier molecular flexibility index (Phi) is 8.06. The van der Waals surface area contributed by atoms with Gasteiger partial charge in [-0.1, -0.05) is 37.5 Å². The molecule has 1 atom stereocenters. The highest BCUT2D eigenvalue weighted by Gasteiger charge is 2.34. The topological polar surface area (TPSA) is 63.6 Å². The van der Waals surface area contributed by atoms with Crippen LogP contribution in [0.4, 0.5) is 0 Å². The molecule has 0 saturated heterocycles. The number of aromatic nitrogens is 1. The monoisotopic (exact) mass is 479 g/mol. The van der Waals surface area contributed by atoms with Gasteiger partial charge in [-0.3, -0.25) is 9.59 Å². The molecule has 0 aliphatic heterocycles. The van der Waals surface area contributed by atoms with Gasteiger partial charge in [0.05, 0.1) is 13.5 Å². The van der Waals surface area contributed by atoms with Crippen LogP contribution in [0, 0.1) is 0 Å². The Morgan fingerprint density at radius 3 is 2.50 bits per heavy atom. The van der Waals surface area contributed by atoms with Crippen molar-refractivity contribution in [1.29, 1.82) is 0 Å². The molecule has 180 valence electrons. The summed E-state index contributed by atoms with van der Waals surface area (Å²) in [5.41, 5.74) is 1.76. The van der Waals surface area contributed by atoms with E-state index in [2.05, 4.69) is 5.32 Å². The van der Waals surface area contributed by atoms with Crippen molar-refractivity contribution < 1.29 is 14.3 Å². The fourth-order valence-electron chi connectivity index (χ4n) is 4.64. The zero-order valence-electron chi connectivity index (χ0n) is 19.9. The molecule has 1 saturated carbocycles. The van der Waals surface area contributed by atoms with Crippen molar-refractivity contribution in [1.82, 2.24) is 14.8 Å². The van der Waals surface area contributed by atoms with Gasteiger partial charge >= 0.3 is 0 Å². The number of thiophene rings is 1. The van der Waals surface area contributed by atoms with Gasteiger partial charge in [0.1, 0.15) is 5.75 Å². The lowest BCUT2D eigenvalue weighted by molar-refractivity contribution is -0.141. The van der Waals surface area contributed by atoms with E-state index in [0.717, 1.165) is 47.6 Å². The van der Waals surface area contributed by atoms with E-state index < -0.39 is 6.04 Å². The Morgan fingerprint density at radius 2 is 1.88 bits per heavy atom. The SMILES string of the molecule is COc1ccc(CN(C(=O)Cc2cccs2)C(C(=O)NC2CCCCC2)c2cccn2C)cc1. The first kappa shape index (κ1) is 24.1. The van der Waals surface area contributed by atoms with Crippen molar-refractivity contribution in [2.75, 3.05) is 7.11 Å². The number of ether oxygens (including phenoxy) is 1. The molecule has 2 heterocycles. The van der Waals surface area contributed by atoms with Crippen LogP contribution >= 0.6 is 11.3 Å². The third kappa shape index (κ3) is 5.89. The number of hydrogen-bond donors (Lipinski definition) is 1. The number of amides is 2. The number of nitrogens with zero attached hydrogens (tertiary/aromatic N) is 2. The Morgan fingerprint density at radius 1 is 1.12 bits per heavy atom. The summed E-state index contributed by atoms with van der Waals surface area (Å²) in [5, 5.41) is 5.24. The quantitative estimate of drug-likeness (QED) is 0.477. The summed E-state index contributed by atoms with van der Waals surface area (Å²) in [7, 11) is 3.55. The lowest BCUT2D eigenvalue weighted by atomic mass is 9.95. The lowest BCUT2D eigenvalue weighted by Crippen LogP contribution is -2.47. The highest BCUT2D eigenvalue weighted by Crippen LogP contribution is 2.27. The predicted octanol–water partition coefficient (Wildman–Crippen LogP) is 4.86. The molecule has 1 fully saturated rings. The summed E-state index contributed by atoms with van der Waals surface area (Å²) < 4.78 is 7.23. The molecule has 0 spiro atoms. The van der Waals surface area contributed by atoms with Gasteiger partial charge in [-0.2, -0.15) is 0 Å². The average Bonchev–Trinajstić information content (AvgIpc) is 3.51. The minimum absolute atomic E-state index is 0.0664. The number of carbonyl (C=O) groups excluding carboxylic acids is 2. The second kappa shape index (κ2) is 11.4. The van der Waals surface area contributed by atoms with Crippen LogP contribution < -0.4 is 10.1 Å². The number of methoxy groups -OCH3 is 1. The second-order valence-electron chi connectivity index (χ2n) is 8.92. The van der Waals surface area contributed by atoms with Crippen LogP contribution in [0.3, 0.4) is 0 Å². The first-order valence-electron chi connectivity index (χ1n) is 11.9. The number of rotatable bonds is 9. The number of carbonyl (C=O) groups is 2. The molecular weight excluding hydrogens is 446 g/mol. The number of benzene rings is 1. The molecule has 1 aliphatic carbocycles. The highest BCUT2D eigenvalue weighted by atomic mass is 32.1. The number of hydrogen-bond acceptors (Lipinski definition) is 4. The van der Waals surface area contributed by atoms with Gasteiger partial charge in [-0.15, -0.1) is 11.3 Å². The second-order valence-corrected chi connectivity index (χ2v) is 9.95. The van der Waals surface area contributed by atoms with E-state index in [0.29, 0.717) is 6.54 Å². The Balaban J connectivity index is 1.67. The van der Waals surface area contributed by atoms with Crippen molar-refractivity contribution in [2.45, 2.75) is 57.2 Å². The van der Waals surface area contributed by atoms with Crippen molar-refractivity contribution in [2.24, 2.45) is 7.05 Å². The normalized spacial score (nSPS) is 15.0. The molecule has 1 aromatic carbocycles. The van der Waals surface area contributed by atoms with Crippen LogP contribution in [-0.4, -0.2) is 34.4 Å². The zero-order chi connectivity index (χ0) is 23.9. The van der Waals surface area contributed by atoms with Crippen LogP contribution in [0.1, 0.15) is 54.3 Å². The Bertz CT molecular complexity index is 1070. The minimum Gasteiger partial charge on any atom is -0.497 e. The smallest absolute Gasteiger partial charge is 0.249 e. The van der Waals surface area contributed by atoms with Crippen molar-refractivity contribution in [3.8, 4) is 5.75 Å². The van der Waals surface area contributed by atoms with Crippen molar-refractivity contribution in [3.05, 3.63) is 76.2 Å². The molecule has 34 heavy (non-hydrogen) atoms. The first-order chi connectivity index (χ1) is 16.5. The molecule has 0 bridgehead atoms. The maximum atomic E-state index is 13.8. The summed E-state index contributed by atoms with van der Waals surface area (Å²) in [6.45, 7) is 0.335. The Labute approximate surface area is 205 Å². The zero-order valence-corrected chi connectivity index (χ0v) is 20.7. The largest absolute Gasteiger partial charge is 0.497 e. The molecule has 4 rings (SSSR count). The fraction of sp³-hybridized carbons (Fsp3) is 0.407. The maximum Gasteiger partial charge on any atom is 0.249 e. The van der Waals surface area contributed by atoms with E-state index in [1.807, 2.05) is 71.7 Å². The molecule has 2 amide bonds. The minimum atomic E-state index is -0.712. The van der Waals surface area contributed by atoms with E-state index >= 15 is 0 Å². The van der Waals surface area contributed by atoms with Gasteiger partial charge in [0.15, 0.2) is 6.04 Å². The van der Waals surface area contributed by atoms with E-state index in [-0.39, 0.29) is 24.3 Å². The van der Waals surface area contributed by atoms with Gasteiger partial charge in [0.2, 0.25) is 11.8 Å². The van der Waals surface area contributed by atoms with Crippen LogP contribution in [0.25, 0.3) is 0 Å². The Hall–Kier alpha value is -3.06. The summed E-state index contributed by atoms with van der Waals surface area (Å²) in [6.07, 6.45) is 7.66. The van der Waals surface area contributed by atoms with E-state index in [4.69, 9.17) is 4.74 Å². The maximum absolute atomic E-state index is 13.8. The molecule has 1 N–H and O–H groups in total. The van der Waals surface area contributed by atoms with Crippen molar-refractivity contribution >= 4 is 23.2 Å². The van der Waals surface area contributed by atoms with Crippen LogP contribution in [0.15, 0.2) is 60.1 Å². The van der Waals surface area contributed by atoms with E-state index in [9.17, 15) is 9.59 Å². The van der Waals surface area contributed by atoms with Gasteiger partial charge in [0, 0.05) is 36.4 Å². The van der Waals surface area contributed by atoms with Gasteiger partial charge in [-0.25, -0.2) is 0 Å². The average molecular weight is 480 g/mol. The predicted molar refractivity (Wildman–Crippen MR) is 135 cm³/mol. The van der Waals surface area contributed by atoms with Gasteiger partial charge in [-0.05, 0) is 54.1 Å². The van der Waals surface area contributed by atoms with E-state index in [1.165, 1.54) is 6.42 Å². The van der Waals surface area contributed by atoms with Crippen LogP contribution in [0.5, 0.6) is 5.75 Å². The third-order valence-electron chi connectivity index (χ3n) is 6.51. The molecule has 1 unspecified atom stereocenters. The highest BCUT2D eigenvalue weighted by molar-refractivity contribution is 7.10. The molecule has 1 aliphatic rings. The summed E-state index contributed by atoms with van der Waals surface area (Å²) in [4.78, 5) is 30.2.